The average Bonchev–Trinajstić information content (AvgIpc) is 2.99. The topological polar surface area (TPSA) is 66.8 Å². The fraction of sp³-hybridized carbons (Fsp3) is 0.714. The van der Waals surface area contributed by atoms with Crippen LogP contribution in [0.5, 0.6) is 0 Å². The van der Waals surface area contributed by atoms with Crippen molar-refractivity contribution in [3.8, 4) is 0 Å². The van der Waals surface area contributed by atoms with Crippen LogP contribution >= 0.6 is 0 Å². The fourth-order valence-corrected chi connectivity index (χ4v) is 4.85. The van der Waals surface area contributed by atoms with Crippen LogP contribution in [-0.4, -0.2) is 71.8 Å². The summed E-state index contributed by atoms with van der Waals surface area (Å²) in [6.07, 6.45) is -0.462. The van der Waals surface area contributed by atoms with Crippen LogP contribution in [0.2, 0.25) is 0 Å². The molecule has 2 fully saturated rings. The van der Waals surface area contributed by atoms with Gasteiger partial charge in [0.15, 0.2) is 0 Å². The highest BCUT2D eigenvalue weighted by Crippen LogP contribution is 2.29. The number of carbonyl (C=O) groups is 1. The fourth-order valence-electron chi connectivity index (χ4n) is 4.85. The van der Waals surface area contributed by atoms with Crippen molar-refractivity contribution in [3.05, 3.63) is 33.7 Å². The van der Waals surface area contributed by atoms with Gasteiger partial charge in [0.2, 0.25) is 5.91 Å². The standard InChI is InChI=1S/C21H29F3N4O3/c22-21(23,24)15-10-18-13-26(6-7-28(18)20(30)11-15)14-19(29)25-16-3-5-27(12-16)17-2-1-8-31-9-4-17/h10-11,16-17H,1-9,12-14H2,(H,25,29). The molecule has 1 aromatic heterocycles. The zero-order valence-corrected chi connectivity index (χ0v) is 17.5. The summed E-state index contributed by atoms with van der Waals surface area (Å²) in [6.45, 7) is 4.36. The Morgan fingerprint density at radius 1 is 1.13 bits per heavy atom. The number of nitrogens with zero attached hydrogens (tertiary/aromatic N) is 3. The van der Waals surface area contributed by atoms with Crippen molar-refractivity contribution >= 4 is 5.91 Å². The Morgan fingerprint density at radius 2 is 1.97 bits per heavy atom. The molecule has 3 aliphatic heterocycles. The van der Waals surface area contributed by atoms with Crippen LogP contribution in [-0.2, 0) is 28.8 Å². The van der Waals surface area contributed by atoms with Crippen molar-refractivity contribution < 1.29 is 22.7 Å². The van der Waals surface area contributed by atoms with E-state index < -0.39 is 17.3 Å². The Bertz CT molecular complexity index is 849. The summed E-state index contributed by atoms with van der Waals surface area (Å²) in [7, 11) is 0. The van der Waals surface area contributed by atoms with Crippen molar-refractivity contribution in [1.82, 2.24) is 19.7 Å². The molecule has 0 spiro atoms. The molecule has 172 valence electrons. The predicted octanol–water partition coefficient (Wildman–Crippen LogP) is 1.44. The molecule has 31 heavy (non-hydrogen) atoms. The van der Waals surface area contributed by atoms with Gasteiger partial charge < -0.3 is 14.6 Å². The summed E-state index contributed by atoms with van der Waals surface area (Å²) < 4.78 is 46.0. The van der Waals surface area contributed by atoms with Crippen molar-refractivity contribution in [2.24, 2.45) is 0 Å². The van der Waals surface area contributed by atoms with Gasteiger partial charge in [0.25, 0.3) is 5.56 Å². The van der Waals surface area contributed by atoms with E-state index in [0.29, 0.717) is 24.3 Å². The van der Waals surface area contributed by atoms with Gasteiger partial charge in [0.05, 0.1) is 12.1 Å². The largest absolute Gasteiger partial charge is 0.416 e. The number of halogens is 3. The van der Waals surface area contributed by atoms with Crippen LogP contribution in [0.4, 0.5) is 13.2 Å². The first-order valence-electron chi connectivity index (χ1n) is 10.9. The Kier molecular flexibility index (Phi) is 6.68. The van der Waals surface area contributed by atoms with E-state index in [1.54, 1.807) is 4.90 Å². The Labute approximate surface area is 179 Å². The molecule has 4 heterocycles. The van der Waals surface area contributed by atoms with Crippen LogP contribution in [0, 0.1) is 0 Å². The number of nitrogens with one attached hydrogen (secondary N) is 1. The van der Waals surface area contributed by atoms with Crippen LogP contribution in [0.3, 0.4) is 0 Å². The van der Waals surface area contributed by atoms with Gasteiger partial charge in [0.1, 0.15) is 0 Å². The molecule has 7 nitrogen and oxygen atoms in total. The van der Waals surface area contributed by atoms with E-state index in [2.05, 4.69) is 10.2 Å². The average molecular weight is 442 g/mol. The number of alkyl halides is 3. The van der Waals surface area contributed by atoms with Gasteiger partial charge in [-0.2, -0.15) is 13.2 Å². The van der Waals surface area contributed by atoms with E-state index in [4.69, 9.17) is 4.74 Å². The van der Waals surface area contributed by atoms with Crippen molar-refractivity contribution in [2.75, 3.05) is 39.4 Å². The lowest BCUT2D eigenvalue weighted by atomic mass is 10.1. The van der Waals surface area contributed by atoms with E-state index in [9.17, 15) is 22.8 Å². The molecule has 0 radical (unpaired) electrons. The summed E-state index contributed by atoms with van der Waals surface area (Å²) >= 11 is 0. The van der Waals surface area contributed by atoms with E-state index >= 15 is 0 Å². The number of rotatable bonds is 4. The maximum atomic E-state index is 13.0. The van der Waals surface area contributed by atoms with Gasteiger partial charge in [-0.05, 0) is 31.7 Å². The smallest absolute Gasteiger partial charge is 0.381 e. The summed E-state index contributed by atoms with van der Waals surface area (Å²) in [5.74, 6) is -0.126. The lowest BCUT2D eigenvalue weighted by Gasteiger charge is -2.30. The summed E-state index contributed by atoms with van der Waals surface area (Å²) in [6, 6.07) is 2.24. The highest BCUT2D eigenvalue weighted by Gasteiger charge is 2.33. The Morgan fingerprint density at radius 3 is 2.77 bits per heavy atom. The maximum absolute atomic E-state index is 13.0. The number of aromatic nitrogens is 1. The zero-order valence-electron chi connectivity index (χ0n) is 17.5. The molecule has 0 saturated carbocycles. The molecule has 10 heteroatoms. The Hall–Kier alpha value is -1.91. The van der Waals surface area contributed by atoms with Crippen LogP contribution in [0.25, 0.3) is 0 Å². The monoisotopic (exact) mass is 442 g/mol. The predicted molar refractivity (Wildman–Crippen MR) is 108 cm³/mol. The molecule has 1 amide bonds. The summed E-state index contributed by atoms with van der Waals surface area (Å²) in [5.41, 5.74) is -1.30. The van der Waals surface area contributed by atoms with Gasteiger partial charge in [-0.1, -0.05) is 0 Å². The summed E-state index contributed by atoms with van der Waals surface area (Å²) in [4.78, 5) is 28.8. The van der Waals surface area contributed by atoms with Gasteiger partial charge in [-0.15, -0.1) is 0 Å². The first kappa shape index (κ1) is 22.3. The van der Waals surface area contributed by atoms with Crippen molar-refractivity contribution in [3.63, 3.8) is 0 Å². The lowest BCUT2D eigenvalue weighted by Crippen LogP contribution is -2.47. The quantitative estimate of drug-likeness (QED) is 0.765. The van der Waals surface area contributed by atoms with Crippen LogP contribution in [0.15, 0.2) is 16.9 Å². The highest BCUT2D eigenvalue weighted by atomic mass is 19.4. The molecule has 1 N–H and O–H groups in total. The lowest BCUT2D eigenvalue weighted by molar-refractivity contribution is -0.138. The second kappa shape index (κ2) is 9.30. The van der Waals surface area contributed by atoms with Crippen molar-refractivity contribution in [1.29, 1.82) is 0 Å². The van der Waals surface area contributed by atoms with Crippen LogP contribution < -0.4 is 10.9 Å². The minimum absolute atomic E-state index is 0.0909. The second-order valence-electron chi connectivity index (χ2n) is 8.68. The number of fused-ring (bicyclic) bond motifs is 1. The molecule has 3 aliphatic rings. The third kappa shape index (κ3) is 5.48. The molecular weight excluding hydrogens is 413 g/mol. The molecule has 1 aromatic rings. The molecule has 0 aliphatic carbocycles. The molecular formula is C21H29F3N4O3. The normalized spacial score (nSPS) is 25.8. The number of ether oxygens (including phenoxy) is 1. The molecule has 2 atom stereocenters. The number of carbonyl (C=O) groups excluding carboxylic acids is 1. The molecule has 2 unspecified atom stereocenters. The first-order chi connectivity index (χ1) is 14.8. The van der Waals surface area contributed by atoms with Gasteiger partial charge in [0, 0.05) is 69.8 Å². The van der Waals surface area contributed by atoms with E-state index in [1.807, 2.05) is 0 Å². The maximum Gasteiger partial charge on any atom is 0.416 e. The molecule has 0 bridgehead atoms. The second-order valence-corrected chi connectivity index (χ2v) is 8.68. The number of amides is 1. The minimum Gasteiger partial charge on any atom is -0.381 e. The third-order valence-corrected chi connectivity index (χ3v) is 6.46. The SMILES string of the molecule is O=C(CN1CCn2c(cc(C(F)(F)F)cc2=O)C1)NC1CCN(C2CCCOCC2)C1. The molecule has 2 saturated heterocycles. The first-order valence-corrected chi connectivity index (χ1v) is 10.9. The van der Waals surface area contributed by atoms with Gasteiger partial charge >= 0.3 is 6.18 Å². The van der Waals surface area contributed by atoms with Gasteiger partial charge in [-0.3, -0.25) is 19.4 Å². The zero-order chi connectivity index (χ0) is 22.0. The number of pyridine rings is 1. The number of hydrogen-bond acceptors (Lipinski definition) is 5. The van der Waals surface area contributed by atoms with E-state index in [-0.39, 0.29) is 31.6 Å². The van der Waals surface area contributed by atoms with Crippen molar-refractivity contribution in [2.45, 2.75) is 57.0 Å². The third-order valence-electron chi connectivity index (χ3n) is 6.46. The Balaban J connectivity index is 1.30. The van der Waals surface area contributed by atoms with Crippen LogP contribution in [0.1, 0.15) is 36.9 Å². The van der Waals surface area contributed by atoms with Gasteiger partial charge in [-0.25, -0.2) is 0 Å². The number of likely N-dealkylation sites (tertiary alicyclic amines) is 1. The number of hydrogen-bond donors (Lipinski definition) is 1. The summed E-state index contributed by atoms with van der Waals surface area (Å²) in [5, 5.41) is 3.08. The molecule has 0 aromatic carbocycles. The van der Waals surface area contributed by atoms with E-state index in [0.717, 1.165) is 58.1 Å². The van der Waals surface area contributed by atoms with E-state index in [1.165, 1.54) is 4.57 Å². The molecule has 4 rings (SSSR count). The highest BCUT2D eigenvalue weighted by molar-refractivity contribution is 5.78. The minimum atomic E-state index is -4.56.